The van der Waals surface area contributed by atoms with E-state index in [0.29, 0.717) is 12.4 Å². The smallest absolute Gasteiger partial charge is 0.281 e. The zero-order valence-electron chi connectivity index (χ0n) is 15.5. The van der Waals surface area contributed by atoms with Crippen LogP contribution in [0.1, 0.15) is 26.5 Å². The lowest BCUT2D eigenvalue weighted by molar-refractivity contribution is -0.892. The minimum Gasteiger partial charge on any atom is -0.360 e. The number of hydrogen-bond donors (Lipinski definition) is 2. The summed E-state index contributed by atoms with van der Waals surface area (Å²) in [5.41, 5.74) is 1.72. The van der Waals surface area contributed by atoms with Crippen molar-refractivity contribution in [1.82, 2.24) is 5.16 Å². The number of nitrogens with one attached hydrogen (secondary N) is 2. The van der Waals surface area contributed by atoms with Crippen molar-refractivity contribution in [3.8, 4) is 0 Å². The molecule has 0 saturated carbocycles. The summed E-state index contributed by atoms with van der Waals surface area (Å²) in [5, 5.41) is 6.79. The number of carbonyl (C=O) groups excluding carboxylic acids is 1. The Hall–Kier alpha value is -2.41. The van der Waals surface area contributed by atoms with Gasteiger partial charge in [-0.3, -0.25) is 10.1 Å². The molecule has 1 aromatic heterocycles. The van der Waals surface area contributed by atoms with Crippen LogP contribution < -0.4 is 15.1 Å². The molecule has 1 aliphatic rings. The average molecular weight is 361 g/mol. The predicted octanol–water partition coefficient (Wildman–Crippen LogP) is 1.45. The van der Waals surface area contributed by atoms with Crippen LogP contribution in [-0.4, -0.2) is 43.8 Å². The zero-order valence-corrected chi connectivity index (χ0v) is 15.5. The SMILES string of the molecule is CC(C)(C)c1cc(NC(=O)C[NH+]2CCN(c3ccc(F)cc3)CC2)on1. The Kier molecular flexibility index (Phi) is 5.27. The van der Waals surface area contributed by atoms with Gasteiger partial charge < -0.3 is 14.3 Å². The highest BCUT2D eigenvalue weighted by molar-refractivity contribution is 5.90. The van der Waals surface area contributed by atoms with Gasteiger partial charge in [-0.25, -0.2) is 4.39 Å². The highest BCUT2D eigenvalue weighted by atomic mass is 19.1. The fourth-order valence-corrected chi connectivity index (χ4v) is 3.01. The molecule has 0 atom stereocenters. The van der Waals surface area contributed by atoms with Crippen LogP contribution in [0.3, 0.4) is 0 Å². The maximum absolute atomic E-state index is 13.0. The summed E-state index contributed by atoms with van der Waals surface area (Å²) in [5.74, 6) is 0.0906. The van der Waals surface area contributed by atoms with E-state index in [1.54, 1.807) is 18.2 Å². The first-order chi connectivity index (χ1) is 12.3. The standard InChI is InChI=1S/C19H25FN4O2/c1-19(2,3)16-12-18(26-22-16)21-17(25)13-23-8-10-24(11-9-23)15-6-4-14(20)5-7-15/h4-7,12H,8-11,13H2,1-3H3,(H,21,25)/p+1. The molecule has 0 bridgehead atoms. The van der Waals surface area contributed by atoms with Gasteiger partial charge in [-0.15, -0.1) is 0 Å². The third kappa shape index (κ3) is 4.60. The third-order valence-electron chi connectivity index (χ3n) is 4.61. The molecule has 0 radical (unpaired) electrons. The number of rotatable bonds is 4. The Labute approximate surface area is 152 Å². The maximum Gasteiger partial charge on any atom is 0.281 e. The number of nitrogens with zero attached hydrogens (tertiary/aromatic N) is 2. The molecule has 2 aromatic rings. The van der Waals surface area contributed by atoms with E-state index in [0.717, 1.165) is 37.6 Å². The molecule has 26 heavy (non-hydrogen) atoms. The van der Waals surface area contributed by atoms with Gasteiger partial charge in [-0.05, 0) is 24.3 Å². The minimum atomic E-state index is -0.225. The number of piperazine rings is 1. The maximum atomic E-state index is 13.0. The van der Waals surface area contributed by atoms with E-state index in [2.05, 4.69) is 15.4 Å². The van der Waals surface area contributed by atoms with Crippen molar-refractivity contribution in [3.05, 3.63) is 41.8 Å². The molecule has 1 amide bonds. The number of quaternary nitrogens is 1. The molecule has 140 valence electrons. The molecule has 0 spiro atoms. The zero-order chi connectivity index (χ0) is 18.7. The molecule has 3 rings (SSSR count). The quantitative estimate of drug-likeness (QED) is 0.865. The summed E-state index contributed by atoms with van der Waals surface area (Å²) in [6.07, 6.45) is 0. The third-order valence-corrected chi connectivity index (χ3v) is 4.61. The highest BCUT2D eigenvalue weighted by Gasteiger charge is 2.24. The first-order valence-electron chi connectivity index (χ1n) is 8.92. The van der Waals surface area contributed by atoms with E-state index in [4.69, 9.17) is 4.52 Å². The lowest BCUT2D eigenvalue weighted by atomic mass is 9.92. The molecule has 2 heterocycles. The molecule has 0 aliphatic carbocycles. The van der Waals surface area contributed by atoms with Crippen molar-refractivity contribution in [1.29, 1.82) is 0 Å². The fourth-order valence-electron chi connectivity index (χ4n) is 3.01. The van der Waals surface area contributed by atoms with Crippen molar-refractivity contribution >= 4 is 17.5 Å². The fraction of sp³-hybridized carbons (Fsp3) is 0.474. The summed E-state index contributed by atoms with van der Waals surface area (Å²) < 4.78 is 18.2. The van der Waals surface area contributed by atoms with Crippen LogP contribution in [0.2, 0.25) is 0 Å². The van der Waals surface area contributed by atoms with Crippen molar-refractivity contribution in [2.24, 2.45) is 0 Å². The normalized spacial score (nSPS) is 15.9. The highest BCUT2D eigenvalue weighted by Crippen LogP contribution is 2.23. The van der Waals surface area contributed by atoms with Crippen LogP contribution in [-0.2, 0) is 10.2 Å². The van der Waals surface area contributed by atoms with Gasteiger partial charge in [-0.1, -0.05) is 25.9 Å². The summed E-state index contributed by atoms with van der Waals surface area (Å²) in [6.45, 7) is 9.91. The Bertz CT molecular complexity index is 744. The minimum absolute atomic E-state index is 0.0770. The van der Waals surface area contributed by atoms with Gasteiger partial charge in [0.25, 0.3) is 5.91 Å². The first kappa shape index (κ1) is 18.4. The van der Waals surface area contributed by atoms with Crippen LogP contribution in [0.4, 0.5) is 16.0 Å². The predicted molar refractivity (Wildman–Crippen MR) is 98.0 cm³/mol. The summed E-state index contributed by atoms with van der Waals surface area (Å²) in [6, 6.07) is 8.32. The molecular formula is C19H26FN4O2+. The number of benzene rings is 1. The molecule has 6 nitrogen and oxygen atoms in total. The number of halogens is 1. The van der Waals surface area contributed by atoms with E-state index in [1.807, 2.05) is 20.8 Å². The number of hydrogen-bond acceptors (Lipinski definition) is 4. The molecule has 1 saturated heterocycles. The van der Waals surface area contributed by atoms with E-state index < -0.39 is 0 Å². The number of anilines is 2. The molecule has 0 unspecified atom stereocenters. The Morgan fingerprint density at radius 2 is 1.92 bits per heavy atom. The van der Waals surface area contributed by atoms with E-state index >= 15 is 0 Å². The summed E-state index contributed by atoms with van der Waals surface area (Å²) in [4.78, 5) is 15.7. The molecule has 1 aromatic carbocycles. The van der Waals surface area contributed by atoms with Crippen LogP contribution in [0.25, 0.3) is 0 Å². The molecule has 1 fully saturated rings. The van der Waals surface area contributed by atoms with Gasteiger partial charge in [0.15, 0.2) is 6.54 Å². The van der Waals surface area contributed by atoms with Crippen LogP contribution in [0.5, 0.6) is 0 Å². The number of carbonyl (C=O) groups is 1. The monoisotopic (exact) mass is 361 g/mol. The van der Waals surface area contributed by atoms with Crippen molar-refractivity contribution in [2.45, 2.75) is 26.2 Å². The van der Waals surface area contributed by atoms with Crippen LogP contribution in [0, 0.1) is 5.82 Å². The van der Waals surface area contributed by atoms with Gasteiger partial charge in [0.1, 0.15) is 5.82 Å². The summed E-state index contributed by atoms with van der Waals surface area (Å²) >= 11 is 0. The largest absolute Gasteiger partial charge is 0.360 e. The molecule has 2 N–H and O–H groups in total. The van der Waals surface area contributed by atoms with Crippen LogP contribution in [0.15, 0.2) is 34.9 Å². The topological polar surface area (TPSA) is 62.8 Å². The Morgan fingerprint density at radius 1 is 1.27 bits per heavy atom. The van der Waals surface area contributed by atoms with Crippen LogP contribution >= 0.6 is 0 Å². The van der Waals surface area contributed by atoms with E-state index in [1.165, 1.54) is 17.0 Å². The molecule has 7 heteroatoms. The lowest BCUT2D eigenvalue weighted by Gasteiger charge is -2.33. The van der Waals surface area contributed by atoms with Gasteiger partial charge in [0.2, 0.25) is 5.88 Å². The lowest BCUT2D eigenvalue weighted by Crippen LogP contribution is -3.15. The van der Waals surface area contributed by atoms with Gasteiger partial charge in [0.05, 0.1) is 31.9 Å². The second-order valence-corrected chi connectivity index (χ2v) is 7.76. The van der Waals surface area contributed by atoms with Crippen molar-refractivity contribution in [2.75, 3.05) is 42.9 Å². The molecule has 1 aliphatic heterocycles. The number of aromatic nitrogens is 1. The van der Waals surface area contributed by atoms with Crippen molar-refractivity contribution in [3.63, 3.8) is 0 Å². The second-order valence-electron chi connectivity index (χ2n) is 7.76. The Morgan fingerprint density at radius 3 is 2.50 bits per heavy atom. The Balaban J connectivity index is 1.47. The van der Waals surface area contributed by atoms with Gasteiger partial charge >= 0.3 is 0 Å². The summed E-state index contributed by atoms with van der Waals surface area (Å²) in [7, 11) is 0. The van der Waals surface area contributed by atoms with Crippen molar-refractivity contribution < 1.29 is 18.6 Å². The van der Waals surface area contributed by atoms with E-state index in [-0.39, 0.29) is 17.1 Å². The second kappa shape index (κ2) is 7.45. The van der Waals surface area contributed by atoms with E-state index in [9.17, 15) is 9.18 Å². The average Bonchev–Trinajstić information content (AvgIpc) is 3.05. The van der Waals surface area contributed by atoms with Gasteiger partial charge in [0, 0.05) is 17.2 Å². The first-order valence-corrected chi connectivity index (χ1v) is 8.92. The molecular weight excluding hydrogens is 335 g/mol. The van der Waals surface area contributed by atoms with Gasteiger partial charge in [-0.2, -0.15) is 0 Å². The number of amides is 1.